The molecule has 1 aliphatic heterocycles. The number of hydrogen-bond acceptors (Lipinski definition) is 6. The van der Waals surface area contributed by atoms with Crippen LogP contribution in [0.3, 0.4) is 0 Å². The van der Waals surface area contributed by atoms with Gasteiger partial charge in [-0.3, -0.25) is 4.79 Å². The average Bonchev–Trinajstić information content (AvgIpc) is 2.57. The molecular formula is C15H22N2O5. The largest absolute Gasteiger partial charge is 0.496 e. The highest BCUT2D eigenvalue weighted by atomic mass is 16.7. The van der Waals surface area contributed by atoms with Crippen LogP contribution in [0.25, 0.3) is 0 Å². The van der Waals surface area contributed by atoms with Gasteiger partial charge in [-0.25, -0.2) is 0 Å². The molecule has 1 aromatic carbocycles. The molecule has 7 nitrogen and oxygen atoms in total. The summed E-state index contributed by atoms with van der Waals surface area (Å²) in [6.07, 6.45) is 0. The van der Waals surface area contributed by atoms with E-state index in [0.29, 0.717) is 12.3 Å². The minimum Gasteiger partial charge on any atom is -0.496 e. The lowest BCUT2D eigenvalue weighted by Crippen LogP contribution is -2.64. The minimum atomic E-state index is -1.08. The maximum atomic E-state index is 11.0. The van der Waals surface area contributed by atoms with Crippen molar-refractivity contribution in [3.05, 3.63) is 29.8 Å². The van der Waals surface area contributed by atoms with Gasteiger partial charge in [0, 0.05) is 27.3 Å². The summed E-state index contributed by atoms with van der Waals surface area (Å²) in [7, 11) is 4.70. The van der Waals surface area contributed by atoms with E-state index in [9.17, 15) is 4.79 Å². The highest BCUT2D eigenvalue weighted by Gasteiger charge is 2.45. The van der Waals surface area contributed by atoms with E-state index in [4.69, 9.17) is 19.3 Å². The van der Waals surface area contributed by atoms with E-state index in [1.54, 1.807) is 21.3 Å². The van der Waals surface area contributed by atoms with E-state index < -0.39 is 17.8 Å². The molecule has 0 spiro atoms. The molecule has 1 fully saturated rings. The van der Waals surface area contributed by atoms with Crippen LogP contribution in [-0.2, 0) is 20.1 Å². The fraction of sp³-hybridized carbons (Fsp3) is 0.533. The maximum Gasteiger partial charge on any atom is 0.322 e. The molecule has 0 radical (unpaired) electrons. The van der Waals surface area contributed by atoms with Gasteiger partial charge in [-0.15, -0.1) is 0 Å². The first-order chi connectivity index (χ1) is 10.6. The first-order valence-electron chi connectivity index (χ1n) is 7.02. The Kier molecular flexibility index (Phi) is 5.36. The lowest BCUT2D eigenvalue weighted by molar-refractivity contribution is -0.237. The van der Waals surface area contributed by atoms with Gasteiger partial charge in [0.2, 0.25) is 5.79 Å². The Labute approximate surface area is 129 Å². The number of piperazine rings is 1. The van der Waals surface area contributed by atoms with Crippen molar-refractivity contribution in [3.63, 3.8) is 0 Å². The number of nitrogens with one attached hydrogen (secondary N) is 2. The second kappa shape index (κ2) is 7.06. The molecule has 0 amide bonds. The van der Waals surface area contributed by atoms with E-state index >= 15 is 0 Å². The van der Waals surface area contributed by atoms with Crippen LogP contribution in [0, 0.1) is 0 Å². The summed E-state index contributed by atoms with van der Waals surface area (Å²) in [6, 6.07) is 6.55. The van der Waals surface area contributed by atoms with Crippen LogP contribution in [-0.4, -0.2) is 57.6 Å². The Morgan fingerprint density at radius 2 is 1.86 bits per heavy atom. The van der Waals surface area contributed by atoms with Gasteiger partial charge in [0.15, 0.2) is 0 Å². The molecule has 0 aromatic heterocycles. The fourth-order valence-electron chi connectivity index (χ4n) is 2.82. The second-order valence-electron chi connectivity index (χ2n) is 5.04. The van der Waals surface area contributed by atoms with Crippen LogP contribution in [0.4, 0.5) is 0 Å². The van der Waals surface area contributed by atoms with Crippen molar-refractivity contribution in [2.45, 2.75) is 17.9 Å². The number of carboxylic acid groups (broad SMARTS) is 1. The number of carboxylic acids is 1. The molecule has 2 atom stereocenters. The van der Waals surface area contributed by atoms with Gasteiger partial charge in [0.25, 0.3) is 0 Å². The molecule has 1 aliphatic rings. The molecule has 1 aromatic rings. The van der Waals surface area contributed by atoms with Crippen LogP contribution in [0.1, 0.15) is 5.56 Å². The zero-order valence-corrected chi connectivity index (χ0v) is 13.0. The quantitative estimate of drug-likeness (QED) is 0.645. The Balaban J connectivity index is 2.31. The highest BCUT2D eigenvalue weighted by molar-refractivity contribution is 5.74. The molecule has 1 saturated heterocycles. The van der Waals surface area contributed by atoms with Crippen LogP contribution in [0.2, 0.25) is 0 Å². The van der Waals surface area contributed by atoms with E-state index in [1.807, 2.05) is 24.3 Å². The molecule has 0 saturated carbocycles. The standard InChI is InChI=1S/C15H22N2O5/c1-20-12-7-5-4-6-10(12)15(21-2,22-3)13-9-16-11(8-17-13)14(18)19/h4-7,11,13,16-17H,8-9H2,1-3H3,(H,18,19). The van der Waals surface area contributed by atoms with Crippen molar-refractivity contribution in [1.82, 2.24) is 10.6 Å². The monoisotopic (exact) mass is 310 g/mol. The summed E-state index contributed by atoms with van der Waals surface area (Å²) < 4.78 is 16.8. The van der Waals surface area contributed by atoms with Gasteiger partial charge in [-0.05, 0) is 12.1 Å². The van der Waals surface area contributed by atoms with Crippen molar-refractivity contribution in [2.24, 2.45) is 0 Å². The summed E-state index contributed by atoms with van der Waals surface area (Å²) >= 11 is 0. The van der Waals surface area contributed by atoms with E-state index in [2.05, 4.69) is 10.6 Å². The first kappa shape index (κ1) is 16.7. The van der Waals surface area contributed by atoms with Gasteiger partial charge < -0.3 is 30.0 Å². The van der Waals surface area contributed by atoms with E-state index in [-0.39, 0.29) is 12.6 Å². The third-order valence-corrected chi connectivity index (χ3v) is 3.98. The number of hydrogen-bond donors (Lipinski definition) is 3. The van der Waals surface area contributed by atoms with Crippen molar-refractivity contribution in [3.8, 4) is 5.75 Å². The molecule has 0 bridgehead atoms. The molecule has 7 heteroatoms. The third-order valence-electron chi connectivity index (χ3n) is 3.98. The van der Waals surface area contributed by atoms with Crippen LogP contribution in [0.5, 0.6) is 5.75 Å². The van der Waals surface area contributed by atoms with E-state index in [0.717, 1.165) is 5.56 Å². The zero-order valence-electron chi connectivity index (χ0n) is 13.0. The number of benzene rings is 1. The normalized spacial score (nSPS) is 22.3. The summed E-state index contributed by atoms with van der Waals surface area (Å²) in [5, 5.41) is 15.2. The third kappa shape index (κ3) is 2.93. The number of para-hydroxylation sites is 1. The topological polar surface area (TPSA) is 89.0 Å². The van der Waals surface area contributed by atoms with Gasteiger partial charge >= 0.3 is 5.97 Å². The first-order valence-corrected chi connectivity index (χ1v) is 7.02. The summed E-state index contributed by atoms with van der Waals surface area (Å²) in [4.78, 5) is 11.0. The van der Waals surface area contributed by atoms with Gasteiger partial charge in [-0.2, -0.15) is 0 Å². The smallest absolute Gasteiger partial charge is 0.322 e. The van der Waals surface area contributed by atoms with Crippen molar-refractivity contribution in [2.75, 3.05) is 34.4 Å². The van der Waals surface area contributed by atoms with Gasteiger partial charge in [0.05, 0.1) is 18.7 Å². The molecule has 122 valence electrons. The molecular weight excluding hydrogens is 288 g/mol. The molecule has 3 N–H and O–H groups in total. The van der Waals surface area contributed by atoms with Gasteiger partial charge in [0.1, 0.15) is 11.8 Å². The second-order valence-corrected chi connectivity index (χ2v) is 5.04. The summed E-state index contributed by atoms with van der Waals surface area (Å²) in [5.74, 6) is -1.32. The SMILES string of the molecule is COc1ccccc1C(OC)(OC)C1CNC(C(=O)O)CN1. The molecule has 1 heterocycles. The van der Waals surface area contributed by atoms with Crippen LogP contribution >= 0.6 is 0 Å². The fourth-order valence-corrected chi connectivity index (χ4v) is 2.82. The number of ether oxygens (including phenoxy) is 3. The van der Waals surface area contributed by atoms with Crippen molar-refractivity contribution < 1.29 is 24.1 Å². The average molecular weight is 310 g/mol. The Morgan fingerprint density at radius 3 is 2.36 bits per heavy atom. The predicted octanol–water partition coefficient (Wildman–Crippen LogP) is 0.155. The number of methoxy groups -OCH3 is 3. The van der Waals surface area contributed by atoms with Crippen LogP contribution < -0.4 is 15.4 Å². The van der Waals surface area contributed by atoms with Gasteiger partial charge in [-0.1, -0.05) is 12.1 Å². The summed E-state index contributed by atoms with van der Waals surface area (Å²) in [6.45, 7) is 0.667. The van der Waals surface area contributed by atoms with Crippen molar-refractivity contribution >= 4 is 5.97 Å². The number of rotatable bonds is 6. The minimum absolute atomic E-state index is 0.269. The Hall–Kier alpha value is -1.67. The Bertz CT molecular complexity index is 510. The lowest BCUT2D eigenvalue weighted by atomic mass is 9.94. The molecule has 0 aliphatic carbocycles. The van der Waals surface area contributed by atoms with Crippen molar-refractivity contribution in [1.29, 1.82) is 0 Å². The zero-order chi connectivity index (χ0) is 16.2. The highest BCUT2D eigenvalue weighted by Crippen LogP contribution is 2.36. The molecule has 2 rings (SSSR count). The number of carbonyl (C=O) groups is 1. The lowest BCUT2D eigenvalue weighted by Gasteiger charge is -2.42. The van der Waals surface area contributed by atoms with E-state index in [1.165, 1.54) is 0 Å². The predicted molar refractivity (Wildman–Crippen MR) is 79.9 cm³/mol. The summed E-state index contributed by atoms with van der Waals surface area (Å²) in [5.41, 5.74) is 0.746. The van der Waals surface area contributed by atoms with Crippen LogP contribution in [0.15, 0.2) is 24.3 Å². The molecule has 2 unspecified atom stereocenters. The molecule has 22 heavy (non-hydrogen) atoms. The Morgan fingerprint density at radius 1 is 1.18 bits per heavy atom. The maximum absolute atomic E-state index is 11.0. The number of aliphatic carboxylic acids is 1.